The Balaban J connectivity index is 0.000000144. The minimum atomic E-state index is -3.47. The summed E-state index contributed by atoms with van der Waals surface area (Å²) < 4.78 is 240. The lowest BCUT2D eigenvalue weighted by atomic mass is 9.89. The van der Waals surface area contributed by atoms with Gasteiger partial charge in [0.2, 0.25) is 17.7 Å². The van der Waals surface area contributed by atoms with E-state index in [9.17, 15) is 27.6 Å². The van der Waals surface area contributed by atoms with E-state index in [2.05, 4.69) is 31.8 Å². The number of rotatable bonds is 15. The number of amides is 3. The molecule has 0 aliphatic carbocycles. The average molecular weight is 1190 g/mol. The van der Waals surface area contributed by atoms with Gasteiger partial charge in [0.15, 0.2) is 0 Å². The van der Waals surface area contributed by atoms with Crippen LogP contribution in [0.5, 0.6) is 17.2 Å². The molecule has 3 saturated heterocycles. The number of nitrogens with zero attached hydrogens (tertiary/aromatic N) is 6. The van der Waals surface area contributed by atoms with Crippen LogP contribution in [0.1, 0.15) is 114 Å². The van der Waals surface area contributed by atoms with E-state index in [-0.39, 0.29) is 74.1 Å². The highest BCUT2D eigenvalue weighted by molar-refractivity contribution is 6.05. The minimum absolute atomic E-state index is 0.00216. The number of carbonyl (C=O) groups excluding carboxylic acids is 3. The standard InChI is InChI=1S/2C23H26FN3O2.C22H24FN3O2/c2*1-15-12-16(6-7-19(15)24)29-11-3-9-26-10-8-21-18(13-26)17-4-2-5-20-23(17)27(21)14-22(28)25-20;23-15-5-7-16(8-6-15)28-12-2-10-25-11-9-20-18(13-25)17-3-1-4-19-22(17)26(20)14-21(27)24-19/h2*2,4-7,12,18,21H,3,8-11,13-14H2,1H3,(H,25,28);1,3-8,18,20H,2,9-14H2,(H,24,27)/t2*18-,21-;18-,20-/m000/s1/i3D2,6D,7D,9D2,11D2,12D,14D2;6D,7D,12D;2D2,10D2,12D2,14D2. The van der Waals surface area contributed by atoms with Crippen molar-refractivity contribution in [3.05, 3.63) is 160 Å². The van der Waals surface area contributed by atoms with E-state index < -0.39 is 141 Å². The van der Waals surface area contributed by atoms with E-state index >= 15 is 0 Å². The Labute approximate surface area is 532 Å². The Hall–Kier alpha value is -7.80. The second-order valence-corrected chi connectivity index (χ2v) is 22.2. The first-order valence-electron chi connectivity index (χ1n) is 39.6. The summed E-state index contributed by atoms with van der Waals surface area (Å²) in [7, 11) is 0. The lowest BCUT2D eigenvalue weighted by Gasteiger charge is -2.39. The van der Waals surface area contributed by atoms with Gasteiger partial charge in [-0.05, 0) is 159 Å². The molecule has 9 heterocycles. The molecule has 18 heteroatoms. The highest BCUT2D eigenvalue weighted by atomic mass is 19.1. The van der Waals surface area contributed by atoms with Gasteiger partial charge in [-0.3, -0.25) is 14.4 Å². The topological polar surface area (TPSA) is 134 Å². The second-order valence-electron chi connectivity index (χ2n) is 22.2. The van der Waals surface area contributed by atoms with Crippen LogP contribution in [0, 0.1) is 31.3 Å². The van der Waals surface area contributed by atoms with E-state index in [0.717, 1.165) is 67.8 Å². The number of likely N-dealkylation sites (tertiary alicyclic amines) is 3. The fourth-order valence-corrected chi connectivity index (χ4v) is 13.2. The number of benzene rings is 6. The van der Waals surface area contributed by atoms with Crippen molar-refractivity contribution in [2.75, 3.05) is 129 Å². The lowest BCUT2D eigenvalue weighted by molar-refractivity contribution is -0.116. The molecule has 450 valence electrons. The van der Waals surface area contributed by atoms with E-state index in [4.69, 9.17) is 44.4 Å². The van der Waals surface area contributed by atoms with Crippen molar-refractivity contribution in [1.82, 2.24) is 14.7 Å². The first-order valence-corrected chi connectivity index (χ1v) is 28.6. The van der Waals surface area contributed by atoms with Gasteiger partial charge in [-0.25, -0.2) is 13.2 Å². The third-order valence-electron chi connectivity index (χ3n) is 16.9. The van der Waals surface area contributed by atoms with Gasteiger partial charge in [0.05, 0.1) is 92.6 Å². The Kier molecular flexibility index (Phi) is 10.7. The third-order valence-corrected chi connectivity index (χ3v) is 16.9. The predicted octanol–water partition coefficient (Wildman–Crippen LogP) is 10.3. The first kappa shape index (κ1) is 37.0. The number of piperidine rings is 3. The molecule has 15 rings (SSSR count). The summed E-state index contributed by atoms with van der Waals surface area (Å²) in [5.41, 5.74) is 6.30. The molecule has 9 aliphatic heterocycles. The van der Waals surface area contributed by atoms with Crippen LogP contribution in [0.15, 0.2) is 115 Å². The van der Waals surface area contributed by atoms with Gasteiger partial charge < -0.3 is 59.6 Å². The Morgan fingerprint density at radius 2 is 0.988 bits per heavy atom. The van der Waals surface area contributed by atoms with Crippen molar-refractivity contribution >= 4 is 51.8 Å². The molecule has 0 spiro atoms. The molecular weight excluding hydrogens is 1100 g/mol. The minimum Gasteiger partial charge on any atom is -0.494 e. The van der Waals surface area contributed by atoms with E-state index in [1.807, 2.05) is 12.1 Å². The van der Waals surface area contributed by atoms with Crippen molar-refractivity contribution in [1.29, 1.82) is 0 Å². The highest BCUT2D eigenvalue weighted by Gasteiger charge is 2.48. The molecular formula is C68H76F3N9O6. The summed E-state index contributed by atoms with van der Waals surface area (Å²) in [6.07, 6.45) is -4.53. The van der Waals surface area contributed by atoms with Crippen LogP contribution < -0.4 is 44.9 Å². The van der Waals surface area contributed by atoms with Crippen LogP contribution in [0.3, 0.4) is 0 Å². The third kappa shape index (κ3) is 11.9. The van der Waals surface area contributed by atoms with Crippen LogP contribution in [0.4, 0.5) is 47.3 Å². The summed E-state index contributed by atoms with van der Waals surface area (Å²) in [6.45, 7) is -11.5. The van der Waals surface area contributed by atoms with Crippen LogP contribution in [-0.2, 0) is 14.4 Å². The maximum atomic E-state index is 14.1. The zero-order chi connectivity index (χ0) is 78.6. The molecule has 3 amide bonds. The Morgan fingerprint density at radius 1 is 0.547 bits per heavy atom. The van der Waals surface area contributed by atoms with Crippen LogP contribution >= 0.6 is 0 Å². The Morgan fingerprint density at radius 3 is 1.51 bits per heavy atom. The highest BCUT2D eigenvalue weighted by Crippen LogP contribution is 2.52. The zero-order valence-corrected chi connectivity index (χ0v) is 46.9. The van der Waals surface area contributed by atoms with Crippen molar-refractivity contribution in [2.45, 2.75) is 88.2 Å². The van der Waals surface area contributed by atoms with Crippen molar-refractivity contribution in [3.8, 4) is 17.2 Å². The van der Waals surface area contributed by atoms with Gasteiger partial charge in [-0.2, -0.15) is 0 Å². The Bertz CT molecular complexity index is 4570. The fourth-order valence-electron chi connectivity index (χ4n) is 13.2. The molecule has 0 bridgehead atoms. The fraction of sp³-hybridized carbons (Fsp3) is 0.426. The van der Waals surface area contributed by atoms with Crippen molar-refractivity contribution in [3.63, 3.8) is 0 Å². The van der Waals surface area contributed by atoms with E-state index in [1.54, 1.807) is 36.4 Å². The van der Waals surface area contributed by atoms with Gasteiger partial charge in [0, 0.05) is 106 Å². The largest absolute Gasteiger partial charge is 0.494 e. The number of hydrogen-bond acceptors (Lipinski definition) is 12. The summed E-state index contributed by atoms with van der Waals surface area (Å²) >= 11 is 0. The molecule has 9 aliphatic rings. The number of anilines is 6. The smallest absolute Gasteiger partial charge is 0.243 e. The average Bonchev–Trinajstić information content (AvgIpc) is 1.51. The monoisotopic (exact) mass is 1190 g/mol. The predicted molar refractivity (Wildman–Crippen MR) is 329 cm³/mol. The second kappa shape index (κ2) is 24.9. The van der Waals surface area contributed by atoms with Gasteiger partial charge in [-0.1, -0.05) is 36.4 Å². The van der Waals surface area contributed by atoms with Crippen molar-refractivity contribution in [2.24, 2.45) is 0 Å². The van der Waals surface area contributed by atoms with Gasteiger partial charge >= 0.3 is 0 Å². The summed E-state index contributed by atoms with van der Waals surface area (Å²) in [5, 5.41) is 8.15. The normalized spacial score (nSPS) is 28.8. The van der Waals surface area contributed by atoms with E-state index in [0.29, 0.717) is 65.4 Å². The van der Waals surface area contributed by atoms with Gasteiger partial charge in [0.1, 0.15) is 34.7 Å². The molecule has 6 atom stereocenters. The molecule has 6 aromatic rings. The maximum Gasteiger partial charge on any atom is 0.243 e. The molecule has 0 unspecified atom stereocenters. The molecule has 0 radical (unpaired) electrons. The number of ether oxygens (including phenoxy) is 3. The van der Waals surface area contributed by atoms with Crippen LogP contribution in [0.25, 0.3) is 0 Å². The number of para-hydroxylation sites is 3. The molecule has 3 N–H and O–H groups in total. The van der Waals surface area contributed by atoms with Crippen LogP contribution in [0.2, 0.25) is 0 Å². The van der Waals surface area contributed by atoms with Gasteiger partial charge in [0.25, 0.3) is 0 Å². The lowest BCUT2D eigenvalue weighted by Crippen LogP contribution is -2.49. The molecule has 15 nitrogen and oxygen atoms in total. The SMILES string of the molecule is [2H]C1([2H])C(=O)Nc2cccc3c2N1[C@H]1CCN(C([2H])([2H])C([2H])([2H])C([2H])([2H])Oc2ccc(F)cc2)C[C@@H]31.[2H]c1c([2H])c(OC([2H])([2H])C([2H])([2H])C([2H])([2H])N2CC[C@H]3[C@@H](C2)c2cccc4c2N3C([2H])([2H])C(=O)N4)c([2H])c(C)c1F.[2H]c1c([2H])c(OCCCN2CC[C@H]3[C@@H](C2)c2cccc4c2N3CC(=O)N4)c([2H])c(C)c1F. The molecule has 86 heavy (non-hydrogen) atoms. The zero-order valence-electron chi connectivity index (χ0n) is 68.9. The summed E-state index contributed by atoms with van der Waals surface area (Å²) in [6, 6.07) is 16.4. The van der Waals surface area contributed by atoms with Crippen molar-refractivity contribution < 1.29 is 71.9 Å². The number of carbonyl (C=O) groups is 3. The summed E-state index contributed by atoms with van der Waals surface area (Å²) in [5.74, 6) is -5.79. The van der Waals surface area contributed by atoms with Gasteiger partial charge in [-0.15, -0.1) is 0 Å². The number of halogens is 3. The molecule has 6 aromatic carbocycles. The maximum absolute atomic E-state index is 14.1. The van der Waals surface area contributed by atoms with E-state index in [1.165, 1.54) is 32.9 Å². The number of hydrogen-bond donors (Lipinski definition) is 3. The number of nitrogens with one attached hydrogen (secondary N) is 3. The number of fused-ring (bicyclic) bond motifs is 9. The first-order chi connectivity index (χ1) is 50.4. The van der Waals surface area contributed by atoms with Crippen LogP contribution in [-0.4, -0.2) is 149 Å². The molecule has 0 aromatic heterocycles. The molecule has 3 fully saturated rings. The summed E-state index contributed by atoms with van der Waals surface area (Å²) in [4.78, 5) is 46.9. The quantitative estimate of drug-likeness (QED) is 0.0846. The molecule has 0 saturated carbocycles.